The predicted molar refractivity (Wildman–Crippen MR) is 85.2 cm³/mol. The number of carbonyl (C=O) groups is 2. The van der Waals surface area contributed by atoms with Gasteiger partial charge in [0.25, 0.3) is 5.91 Å². The molecule has 2 amide bonds. The molecule has 3 rings (SSSR count). The summed E-state index contributed by atoms with van der Waals surface area (Å²) in [5.74, 6) is 0.154. The lowest BCUT2D eigenvalue weighted by atomic mass is 9.98. The van der Waals surface area contributed by atoms with Crippen molar-refractivity contribution >= 4 is 17.5 Å². The maximum atomic E-state index is 12.3. The molecule has 0 bridgehead atoms. The topological polar surface area (TPSA) is 75.4 Å². The van der Waals surface area contributed by atoms with Gasteiger partial charge in [-0.2, -0.15) is 0 Å². The first-order valence-corrected chi connectivity index (χ1v) is 7.55. The Kier molecular flexibility index (Phi) is 3.90. The number of carbonyl (C=O) groups excluding carboxylic acids is 2. The van der Waals surface area contributed by atoms with Crippen LogP contribution < -0.4 is 5.32 Å². The molecule has 1 aromatic heterocycles. The number of hydrogen-bond donors (Lipinski definition) is 1. The Balaban J connectivity index is 1.58. The lowest BCUT2D eigenvalue weighted by Crippen LogP contribution is -2.54. The molecule has 1 N–H and O–H groups in total. The molecule has 1 saturated heterocycles. The monoisotopic (exact) mass is 313 g/mol. The van der Waals surface area contributed by atoms with E-state index in [1.807, 2.05) is 32.0 Å². The minimum absolute atomic E-state index is 0.0564. The van der Waals surface area contributed by atoms with Gasteiger partial charge < -0.3 is 14.7 Å². The van der Waals surface area contributed by atoms with Crippen molar-refractivity contribution in [2.45, 2.75) is 20.8 Å². The zero-order chi connectivity index (χ0) is 16.6. The number of anilines is 1. The van der Waals surface area contributed by atoms with Crippen molar-refractivity contribution in [1.29, 1.82) is 0 Å². The molecule has 1 aliphatic heterocycles. The highest BCUT2D eigenvalue weighted by atomic mass is 16.5. The summed E-state index contributed by atoms with van der Waals surface area (Å²) in [6.07, 6.45) is 0. The number of benzene rings is 1. The average Bonchev–Trinajstić information content (AvgIpc) is 2.89. The van der Waals surface area contributed by atoms with Crippen molar-refractivity contribution < 1.29 is 14.1 Å². The van der Waals surface area contributed by atoms with Crippen LogP contribution in [0.15, 0.2) is 28.8 Å². The fourth-order valence-electron chi connectivity index (χ4n) is 2.56. The molecule has 1 aromatic carbocycles. The molecule has 1 aliphatic rings. The molecule has 0 saturated carbocycles. The molecule has 2 aromatic rings. The molecule has 1 fully saturated rings. The Hall–Kier alpha value is -2.63. The first-order chi connectivity index (χ1) is 11.0. The molecule has 0 atom stereocenters. The zero-order valence-electron chi connectivity index (χ0n) is 13.4. The molecule has 0 radical (unpaired) electrons. The van der Waals surface area contributed by atoms with Crippen LogP contribution in [0.5, 0.6) is 0 Å². The van der Waals surface area contributed by atoms with E-state index in [4.69, 9.17) is 4.52 Å². The Morgan fingerprint density at radius 3 is 2.65 bits per heavy atom. The van der Waals surface area contributed by atoms with Crippen LogP contribution >= 0.6 is 0 Å². The minimum atomic E-state index is -0.197. The molecule has 0 aliphatic carbocycles. The average molecular weight is 313 g/mol. The number of aromatic nitrogens is 1. The summed E-state index contributed by atoms with van der Waals surface area (Å²) >= 11 is 0. The van der Waals surface area contributed by atoms with Crippen LogP contribution in [-0.4, -0.2) is 35.0 Å². The highest BCUT2D eigenvalue weighted by Gasteiger charge is 2.37. The predicted octanol–water partition coefficient (Wildman–Crippen LogP) is 2.31. The number of aryl methyl sites for hydroxylation is 2. The van der Waals surface area contributed by atoms with E-state index in [1.165, 1.54) is 0 Å². The van der Waals surface area contributed by atoms with Crippen molar-refractivity contribution in [1.82, 2.24) is 10.1 Å². The van der Waals surface area contributed by atoms with E-state index in [9.17, 15) is 9.59 Å². The normalized spacial score (nSPS) is 14.5. The molecule has 23 heavy (non-hydrogen) atoms. The summed E-state index contributed by atoms with van der Waals surface area (Å²) in [7, 11) is 0. The van der Waals surface area contributed by atoms with Crippen LogP contribution in [0.3, 0.4) is 0 Å². The summed E-state index contributed by atoms with van der Waals surface area (Å²) in [6.45, 7) is 6.53. The standard InChI is InChI=1S/C17H19N3O3/c1-10-5-4-6-14(12(10)3)18-16(21)13-8-20(9-13)17(22)15-7-11(2)23-19-15/h4-7,13H,8-9H2,1-3H3,(H,18,21). The van der Waals surface area contributed by atoms with Gasteiger partial charge in [-0.25, -0.2) is 0 Å². The Morgan fingerprint density at radius 1 is 1.26 bits per heavy atom. The minimum Gasteiger partial charge on any atom is -0.361 e. The Bertz CT molecular complexity index is 760. The summed E-state index contributed by atoms with van der Waals surface area (Å²) < 4.78 is 4.91. The second-order valence-corrected chi connectivity index (χ2v) is 5.97. The van der Waals surface area contributed by atoms with E-state index in [2.05, 4.69) is 10.5 Å². The molecule has 120 valence electrons. The number of hydrogen-bond acceptors (Lipinski definition) is 4. The van der Waals surface area contributed by atoms with Gasteiger partial charge in [0.1, 0.15) is 5.76 Å². The van der Waals surface area contributed by atoms with E-state index < -0.39 is 0 Å². The molecular formula is C17H19N3O3. The van der Waals surface area contributed by atoms with Crippen molar-refractivity contribution in [3.63, 3.8) is 0 Å². The first kappa shape index (κ1) is 15.3. The van der Waals surface area contributed by atoms with Crippen LogP contribution in [0.4, 0.5) is 5.69 Å². The lowest BCUT2D eigenvalue weighted by Gasteiger charge is -2.37. The third-order valence-corrected chi connectivity index (χ3v) is 4.25. The second-order valence-electron chi connectivity index (χ2n) is 5.97. The lowest BCUT2D eigenvalue weighted by molar-refractivity contribution is -0.123. The molecule has 0 spiro atoms. The largest absolute Gasteiger partial charge is 0.361 e. The van der Waals surface area contributed by atoms with Gasteiger partial charge in [-0.05, 0) is 38.0 Å². The molecule has 6 heteroatoms. The number of rotatable bonds is 3. The van der Waals surface area contributed by atoms with Crippen molar-refractivity contribution in [2.24, 2.45) is 5.92 Å². The van der Waals surface area contributed by atoms with Crippen LogP contribution in [0.25, 0.3) is 0 Å². The number of likely N-dealkylation sites (tertiary alicyclic amines) is 1. The molecule has 0 unspecified atom stereocenters. The summed E-state index contributed by atoms with van der Waals surface area (Å²) in [4.78, 5) is 26.0. The van der Waals surface area contributed by atoms with Crippen molar-refractivity contribution in [2.75, 3.05) is 18.4 Å². The van der Waals surface area contributed by atoms with Gasteiger partial charge in [-0.1, -0.05) is 17.3 Å². The fourth-order valence-corrected chi connectivity index (χ4v) is 2.56. The summed E-state index contributed by atoms with van der Waals surface area (Å²) in [5.41, 5.74) is 3.31. The van der Waals surface area contributed by atoms with Gasteiger partial charge in [0.2, 0.25) is 5.91 Å². The smallest absolute Gasteiger partial charge is 0.276 e. The van der Waals surface area contributed by atoms with Crippen LogP contribution in [0.2, 0.25) is 0 Å². The van der Waals surface area contributed by atoms with Gasteiger partial charge in [0.05, 0.1) is 5.92 Å². The van der Waals surface area contributed by atoms with Gasteiger partial charge in [-0.3, -0.25) is 9.59 Å². The van der Waals surface area contributed by atoms with Gasteiger partial charge in [0.15, 0.2) is 5.69 Å². The molecular weight excluding hydrogens is 294 g/mol. The van der Waals surface area contributed by atoms with E-state index in [0.29, 0.717) is 18.8 Å². The molecule has 2 heterocycles. The highest BCUT2D eigenvalue weighted by Crippen LogP contribution is 2.23. The quantitative estimate of drug-likeness (QED) is 0.943. The Morgan fingerprint density at radius 2 is 2.00 bits per heavy atom. The van der Waals surface area contributed by atoms with Crippen LogP contribution in [0, 0.1) is 26.7 Å². The number of nitrogens with one attached hydrogen (secondary N) is 1. The van der Waals surface area contributed by atoms with E-state index in [1.54, 1.807) is 17.9 Å². The first-order valence-electron chi connectivity index (χ1n) is 7.55. The van der Waals surface area contributed by atoms with E-state index in [0.717, 1.165) is 16.8 Å². The maximum absolute atomic E-state index is 12.3. The van der Waals surface area contributed by atoms with Crippen LogP contribution in [0.1, 0.15) is 27.4 Å². The highest BCUT2D eigenvalue weighted by molar-refractivity contribution is 5.98. The number of amides is 2. The third-order valence-electron chi connectivity index (χ3n) is 4.25. The zero-order valence-corrected chi connectivity index (χ0v) is 13.4. The van der Waals surface area contributed by atoms with E-state index >= 15 is 0 Å². The molecule has 6 nitrogen and oxygen atoms in total. The maximum Gasteiger partial charge on any atom is 0.276 e. The van der Waals surface area contributed by atoms with Crippen molar-refractivity contribution in [3.05, 3.63) is 46.8 Å². The second kappa shape index (κ2) is 5.87. The van der Waals surface area contributed by atoms with E-state index in [-0.39, 0.29) is 23.4 Å². The third kappa shape index (κ3) is 2.97. The summed E-state index contributed by atoms with van der Waals surface area (Å²) in [5, 5.41) is 6.66. The SMILES string of the molecule is Cc1cc(C(=O)N2CC(C(=O)Nc3cccc(C)c3C)C2)no1. The van der Waals surface area contributed by atoms with Gasteiger partial charge >= 0.3 is 0 Å². The fraction of sp³-hybridized carbons (Fsp3) is 0.353. The summed E-state index contributed by atoms with van der Waals surface area (Å²) in [6, 6.07) is 7.42. The van der Waals surface area contributed by atoms with Crippen LogP contribution in [-0.2, 0) is 4.79 Å². The number of nitrogens with zero attached hydrogens (tertiary/aromatic N) is 2. The van der Waals surface area contributed by atoms with Gasteiger partial charge in [0, 0.05) is 24.8 Å². The Labute approximate surface area is 134 Å². The van der Waals surface area contributed by atoms with Gasteiger partial charge in [-0.15, -0.1) is 0 Å². The van der Waals surface area contributed by atoms with Crippen molar-refractivity contribution in [3.8, 4) is 0 Å².